The summed E-state index contributed by atoms with van der Waals surface area (Å²) in [5.74, 6) is 6.88. The molecule has 2 aromatic rings. The van der Waals surface area contributed by atoms with Crippen LogP contribution in [0.4, 0.5) is 13.2 Å². The summed E-state index contributed by atoms with van der Waals surface area (Å²) in [4.78, 5) is 0. The molecule has 3 rings (SSSR count). The maximum atomic E-state index is 12.2. The number of allylic oxidation sites excluding steroid dienone is 2. The summed E-state index contributed by atoms with van der Waals surface area (Å²) in [5, 5.41) is 0. The highest BCUT2D eigenvalue weighted by Crippen LogP contribution is 2.36. The molecule has 1 saturated carbocycles. The second kappa shape index (κ2) is 9.69. The third kappa shape index (κ3) is 6.71. The van der Waals surface area contributed by atoms with Gasteiger partial charge in [-0.3, -0.25) is 0 Å². The van der Waals surface area contributed by atoms with Crippen molar-refractivity contribution in [3.8, 4) is 17.6 Å². The summed E-state index contributed by atoms with van der Waals surface area (Å²) in [5.41, 5.74) is 3.48. The summed E-state index contributed by atoms with van der Waals surface area (Å²) < 4.78 is 40.3. The van der Waals surface area contributed by atoms with Crippen LogP contribution in [-0.2, 0) is 6.42 Å². The first-order valence-corrected chi connectivity index (χ1v) is 10.1. The lowest BCUT2D eigenvalue weighted by molar-refractivity contribution is -0.274. The average Bonchev–Trinajstić information content (AvgIpc) is 2.72. The zero-order chi connectivity index (χ0) is 20.7. The monoisotopic (exact) mass is 398 g/mol. The number of aryl methyl sites for hydroxylation is 1. The number of rotatable bonds is 4. The maximum absolute atomic E-state index is 12.2. The Kier molecular flexibility index (Phi) is 7.04. The molecule has 0 saturated heterocycles. The van der Waals surface area contributed by atoms with Crippen molar-refractivity contribution in [3.05, 3.63) is 77.4 Å². The van der Waals surface area contributed by atoms with Gasteiger partial charge in [-0.1, -0.05) is 49.1 Å². The van der Waals surface area contributed by atoms with Crippen molar-refractivity contribution in [1.29, 1.82) is 0 Å². The summed E-state index contributed by atoms with van der Waals surface area (Å²) in [6, 6.07) is 14.6. The molecule has 1 aliphatic rings. The van der Waals surface area contributed by atoms with Gasteiger partial charge in [0.15, 0.2) is 0 Å². The molecule has 152 valence electrons. The van der Waals surface area contributed by atoms with E-state index in [1.807, 2.05) is 6.08 Å². The van der Waals surface area contributed by atoms with Gasteiger partial charge >= 0.3 is 6.36 Å². The van der Waals surface area contributed by atoms with E-state index in [1.165, 1.54) is 48.2 Å². The predicted octanol–water partition coefficient (Wildman–Crippen LogP) is 7.03. The first kappa shape index (κ1) is 21.0. The van der Waals surface area contributed by atoms with Crippen LogP contribution in [0.2, 0.25) is 0 Å². The summed E-state index contributed by atoms with van der Waals surface area (Å²) in [6.45, 7) is 2.17. The second-order valence-electron chi connectivity index (χ2n) is 7.41. The Hall–Kier alpha value is -2.67. The molecule has 0 radical (unpaired) electrons. The van der Waals surface area contributed by atoms with Gasteiger partial charge in [-0.05, 0) is 85.4 Å². The summed E-state index contributed by atoms with van der Waals surface area (Å²) in [6.07, 6.45) is 5.11. The Balaban J connectivity index is 1.47. The molecule has 0 bridgehead atoms. The SMILES string of the molecule is CCc1ccc([C@H]2CC[C@H](C=CC#Cc3ccc(OC(F)(F)F)cc3)CC2)cc1. The Morgan fingerprint density at radius 2 is 1.62 bits per heavy atom. The Labute approximate surface area is 170 Å². The molecule has 0 heterocycles. The Morgan fingerprint density at radius 1 is 0.966 bits per heavy atom. The molecule has 1 nitrogen and oxygen atoms in total. The van der Waals surface area contributed by atoms with Crippen molar-refractivity contribution in [1.82, 2.24) is 0 Å². The van der Waals surface area contributed by atoms with Crippen molar-refractivity contribution in [3.63, 3.8) is 0 Å². The van der Waals surface area contributed by atoms with Gasteiger partial charge in [0.05, 0.1) is 0 Å². The molecular formula is C25H25F3O. The number of hydrogen-bond donors (Lipinski definition) is 0. The fourth-order valence-electron chi connectivity index (χ4n) is 3.72. The summed E-state index contributed by atoms with van der Waals surface area (Å²) in [7, 11) is 0. The van der Waals surface area contributed by atoms with Gasteiger partial charge in [0.2, 0.25) is 0 Å². The van der Waals surface area contributed by atoms with Crippen LogP contribution in [0.5, 0.6) is 5.75 Å². The van der Waals surface area contributed by atoms with Gasteiger partial charge in [-0.2, -0.15) is 0 Å². The quantitative estimate of drug-likeness (QED) is 0.502. The van der Waals surface area contributed by atoms with Gasteiger partial charge in [-0.25, -0.2) is 0 Å². The van der Waals surface area contributed by atoms with E-state index in [0.717, 1.165) is 19.3 Å². The van der Waals surface area contributed by atoms with Crippen LogP contribution >= 0.6 is 0 Å². The van der Waals surface area contributed by atoms with E-state index in [9.17, 15) is 13.2 Å². The zero-order valence-electron chi connectivity index (χ0n) is 16.5. The van der Waals surface area contributed by atoms with E-state index >= 15 is 0 Å². The maximum Gasteiger partial charge on any atom is 0.573 e. The van der Waals surface area contributed by atoms with E-state index in [-0.39, 0.29) is 5.75 Å². The van der Waals surface area contributed by atoms with Crippen LogP contribution in [0, 0.1) is 17.8 Å². The molecule has 0 atom stereocenters. The first-order chi connectivity index (χ1) is 13.9. The highest BCUT2D eigenvalue weighted by molar-refractivity contribution is 5.40. The number of benzene rings is 2. The van der Waals surface area contributed by atoms with Gasteiger partial charge in [0, 0.05) is 5.56 Å². The molecular weight excluding hydrogens is 373 g/mol. The molecule has 1 fully saturated rings. The lowest BCUT2D eigenvalue weighted by Crippen LogP contribution is -2.16. The van der Waals surface area contributed by atoms with Crippen LogP contribution in [-0.4, -0.2) is 6.36 Å². The normalized spacial score (nSPS) is 19.6. The smallest absolute Gasteiger partial charge is 0.406 e. The number of hydrogen-bond acceptors (Lipinski definition) is 1. The predicted molar refractivity (Wildman–Crippen MR) is 110 cm³/mol. The van der Waals surface area contributed by atoms with Crippen LogP contribution in [0.15, 0.2) is 60.7 Å². The van der Waals surface area contributed by atoms with Crippen LogP contribution < -0.4 is 4.74 Å². The van der Waals surface area contributed by atoms with Crippen molar-refractivity contribution in [2.45, 2.75) is 51.3 Å². The molecule has 0 aromatic heterocycles. The van der Waals surface area contributed by atoms with Gasteiger partial charge in [0.25, 0.3) is 0 Å². The second-order valence-corrected chi connectivity index (χ2v) is 7.41. The van der Waals surface area contributed by atoms with E-state index in [0.29, 0.717) is 17.4 Å². The van der Waals surface area contributed by atoms with Crippen LogP contribution in [0.1, 0.15) is 55.2 Å². The van der Waals surface area contributed by atoms with Gasteiger partial charge in [0.1, 0.15) is 5.75 Å². The van der Waals surface area contributed by atoms with E-state index in [2.05, 4.69) is 53.8 Å². The highest BCUT2D eigenvalue weighted by Gasteiger charge is 2.30. The van der Waals surface area contributed by atoms with Crippen LogP contribution in [0.3, 0.4) is 0 Å². The largest absolute Gasteiger partial charge is 0.573 e. The van der Waals surface area contributed by atoms with E-state index in [4.69, 9.17) is 0 Å². The lowest BCUT2D eigenvalue weighted by atomic mass is 9.78. The number of halogens is 3. The third-order valence-electron chi connectivity index (χ3n) is 5.39. The molecule has 0 N–H and O–H groups in total. The minimum absolute atomic E-state index is 0.236. The molecule has 4 heteroatoms. The lowest BCUT2D eigenvalue weighted by Gasteiger charge is -2.27. The molecule has 29 heavy (non-hydrogen) atoms. The minimum atomic E-state index is -4.67. The van der Waals surface area contributed by atoms with Crippen molar-refractivity contribution < 1.29 is 17.9 Å². The Morgan fingerprint density at radius 3 is 2.21 bits per heavy atom. The fourth-order valence-corrected chi connectivity index (χ4v) is 3.72. The molecule has 1 aliphatic carbocycles. The summed E-state index contributed by atoms with van der Waals surface area (Å²) >= 11 is 0. The molecule has 2 aromatic carbocycles. The van der Waals surface area contributed by atoms with E-state index in [1.54, 1.807) is 0 Å². The molecule has 0 aliphatic heterocycles. The van der Waals surface area contributed by atoms with Crippen molar-refractivity contribution in [2.24, 2.45) is 5.92 Å². The molecule has 0 spiro atoms. The minimum Gasteiger partial charge on any atom is -0.406 e. The van der Waals surface area contributed by atoms with E-state index < -0.39 is 6.36 Å². The molecule has 0 amide bonds. The fraction of sp³-hybridized carbons (Fsp3) is 0.360. The van der Waals surface area contributed by atoms with Gasteiger partial charge < -0.3 is 4.74 Å². The number of ether oxygens (including phenoxy) is 1. The number of alkyl halides is 3. The molecule has 0 unspecified atom stereocenters. The third-order valence-corrected chi connectivity index (χ3v) is 5.39. The Bertz CT molecular complexity index is 860. The standard InChI is InChI=1S/C25H25F3O/c1-2-19-7-13-22(14-8-19)23-15-9-20(10-16-23)5-3-4-6-21-11-17-24(18-12-21)29-25(26,27)28/h3,5,7-8,11-14,17-18,20,23H,2,9-10,15-16H2,1H3/t20-,23-. The zero-order valence-corrected chi connectivity index (χ0v) is 16.5. The average molecular weight is 398 g/mol. The first-order valence-electron chi connectivity index (χ1n) is 10.1. The highest BCUT2D eigenvalue weighted by atomic mass is 19.4. The van der Waals surface area contributed by atoms with Gasteiger partial charge in [-0.15, -0.1) is 13.2 Å². The van der Waals surface area contributed by atoms with Crippen molar-refractivity contribution in [2.75, 3.05) is 0 Å². The topological polar surface area (TPSA) is 9.23 Å². The van der Waals surface area contributed by atoms with Crippen molar-refractivity contribution >= 4 is 0 Å². The van der Waals surface area contributed by atoms with Crippen LogP contribution in [0.25, 0.3) is 0 Å².